The van der Waals surface area contributed by atoms with Crippen molar-refractivity contribution in [3.05, 3.63) is 16.7 Å². The normalized spacial score (nSPS) is 32.9. The number of nitrogens with one attached hydrogen (secondary N) is 1. The summed E-state index contributed by atoms with van der Waals surface area (Å²) in [4.78, 5) is 22.0. The number of aliphatic hydroxyl groups excluding tert-OH is 3. The van der Waals surface area contributed by atoms with E-state index >= 15 is 0 Å². The molecule has 0 spiro atoms. The third-order valence-corrected chi connectivity index (χ3v) is 3.73. The first kappa shape index (κ1) is 13.9. The predicted molar refractivity (Wildman–Crippen MR) is 70.2 cm³/mol. The van der Waals surface area contributed by atoms with Gasteiger partial charge < -0.3 is 25.8 Å². The lowest BCUT2D eigenvalue weighted by Crippen LogP contribution is -2.43. The second-order valence-corrected chi connectivity index (χ2v) is 5.07. The highest BCUT2D eigenvalue weighted by molar-refractivity contribution is 5.70. The summed E-state index contributed by atoms with van der Waals surface area (Å²) in [5.41, 5.74) is 3.70. The van der Waals surface area contributed by atoms with Crippen LogP contribution in [-0.2, 0) is 10.5 Å². The van der Waals surface area contributed by atoms with Gasteiger partial charge in [-0.05, 0) is 6.92 Å². The molecular formula is C11H15N5O5. The van der Waals surface area contributed by atoms with Gasteiger partial charge in [0.1, 0.15) is 18.3 Å². The molecule has 10 nitrogen and oxygen atoms in total. The van der Waals surface area contributed by atoms with Gasteiger partial charge in [0.05, 0.1) is 12.9 Å². The van der Waals surface area contributed by atoms with E-state index in [9.17, 15) is 20.1 Å². The first-order chi connectivity index (χ1) is 9.88. The highest BCUT2D eigenvalue weighted by Gasteiger charge is 2.52. The van der Waals surface area contributed by atoms with Gasteiger partial charge in [-0.3, -0.25) is 14.3 Å². The number of imidazole rings is 1. The van der Waals surface area contributed by atoms with Crippen molar-refractivity contribution >= 4 is 17.1 Å². The van der Waals surface area contributed by atoms with E-state index in [0.717, 1.165) is 0 Å². The minimum absolute atomic E-state index is 0.0307. The number of nitrogens with zero attached hydrogens (tertiary/aromatic N) is 3. The van der Waals surface area contributed by atoms with Gasteiger partial charge in [-0.1, -0.05) is 0 Å². The Balaban J connectivity index is 2.19. The molecule has 2 aromatic heterocycles. The van der Waals surface area contributed by atoms with Gasteiger partial charge in [-0.15, -0.1) is 0 Å². The summed E-state index contributed by atoms with van der Waals surface area (Å²) >= 11 is 0. The second-order valence-electron chi connectivity index (χ2n) is 5.07. The maximum atomic E-state index is 11.8. The summed E-state index contributed by atoms with van der Waals surface area (Å²) < 4.78 is 6.85. The summed E-state index contributed by atoms with van der Waals surface area (Å²) in [7, 11) is 0. The van der Waals surface area contributed by atoms with E-state index in [0.29, 0.717) is 0 Å². The average Bonchev–Trinajstić information content (AvgIpc) is 2.95. The van der Waals surface area contributed by atoms with Crippen LogP contribution in [0.2, 0.25) is 0 Å². The molecule has 0 unspecified atom stereocenters. The predicted octanol–water partition coefficient (Wildman–Crippen LogP) is -2.51. The molecule has 114 valence electrons. The van der Waals surface area contributed by atoms with Crippen molar-refractivity contribution in [2.24, 2.45) is 0 Å². The minimum Gasteiger partial charge on any atom is -0.394 e. The molecule has 0 radical (unpaired) electrons. The van der Waals surface area contributed by atoms with Gasteiger partial charge in [0.15, 0.2) is 16.9 Å². The number of nitrogens with two attached hydrogens (primary N) is 1. The van der Waals surface area contributed by atoms with Crippen molar-refractivity contribution in [1.82, 2.24) is 19.5 Å². The fourth-order valence-corrected chi connectivity index (χ4v) is 2.56. The number of ether oxygens (including phenoxy) is 1. The number of aromatic amines is 1. The molecule has 1 saturated heterocycles. The van der Waals surface area contributed by atoms with E-state index in [4.69, 9.17) is 10.5 Å². The summed E-state index contributed by atoms with van der Waals surface area (Å²) in [5.74, 6) is -0.107. The number of rotatable bonds is 2. The van der Waals surface area contributed by atoms with E-state index < -0.39 is 36.2 Å². The molecule has 1 aliphatic rings. The molecule has 0 saturated carbocycles. The van der Waals surface area contributed by atoms with Crippen LogP contribution in [0, 0.1) is 0 Å². The van der Waals surface area contributed by atoms with Crippen molar-refractivity contribution in [2.75, 3.05) is 12.3 Å². The van der Waals surface area contributed by atoms with Crippen molar-refractivity contribution in [3.63, 3.8) is 0 Å². The Morgan fingerprint density at radius 1 is 1.57 bits per heavy atom. The largest absolute Gasteiger partial charge is 0.394 e. The highest BCUT2D eigenvalue weighted by Crippen LogP contribution is 2.36. The summed E-state index contributed by atoms with van der Waals surface area (Å²) in [6.45, 7) is 1.04. The van der Waals surface area contributed by atoms with Crippen LogP contribution in [-0.4, -0.2) is 59.8 Å². The maximum Gasteiger partial charge on any atom is 0.280 e. The van der Waals surface area contributed by atoms with Gasteiger partial charge in [0.25, 0.3) is 5.56 Å². The van der Waals surface area contributed by atoms with Gasteiger partial charge in [-0.2, -0.15) is 4.98 Å². The van der Waals surface area contributed by atoms with Crippen molar-refractivity contribution in [3.8, 4) is 0 Å². The van der Waals surface area contributed by atoms with Gasteiger partial charge in [-0.25, -0.2) is 4.98 Å². The molecular weight excluding hydrogens is 282 g/mol. The Morgan fingerprint density at radius 2 is 2.29 bits per heavy atom. The van der Waals surface area contributed by atoms with E-state index in [1.165, 1.54) is 17.8 Å². The lowest BCUT2D eigenvalue weighted by atomic mass is 10.0. The molecule has 2 aromatic rings. The first-order valence-corrected chi connectivity index (χ1v) is 6.26. The van der Waals surface area contributed by atoms with E-state index in [-0.39, 0.29) is 17.1 Å². The molecule has 6 N–H and O–H groups in total. The van der Waals surface area contributed by atoms with Crippen LogP contribution in [0.15, 0.2) is 11.1 Å². The second kappa shape index (κ2) is 4.49. The van der Waals surface area contributed by atoms with Crippen LogP contribution >= 0.6 is 0 Å². The van der Waals surface area contributed by atoms with Crippen LogP contribution in [0.4, 0.5) is 5.95 Å². The summed E-state index contributed by atoms with van der Waals surface area (Å²) in [6.07, 6.45) is -2.31. The zero-order valence-corrected chi connectivity index (χ0v) is 11.1. The Hall–Kier alpha value is -2.01. The van der Waals surface area contributed by atoms with Crippen molar-refractivity contribution in [1.29, 1.82) is 0 Å². The maximum absolute atomic E-state index is 11.8. The Labute approximate surface area is 117 Å². The molecule has 10 heteroatoms. The highest BCUT2D eigenvalue weighted by atomic mass is 16.6. The number of aromatic nitrogens is 4. The van der Waals surface area contributed by atoms with E-state index in [2.05, 4.69) is 15.0 Å². The van der Waals surface area contributed by atoms with Gasteiger partial charge in [0, 0.05) is 0 Å². The molecule has 4 atom stereocenters. The zero-order chi connectivity index (χ0) is 15.4. The molecule has 0 aliphatic carbocycles. The van der Waals surface area contributed by atoms with Crippen LogP contribution < -0.4 is 11.3 Å². The van der Waals surface area contributed by atoms with E-state index in [1.807, 2.05) is 0 Å². The number of fused-ring (bicyclic) bond motifs is 1. The van der Waals surface area contributed by atoms with Crippen LogP contribution in [0.25, 0.3) is 11.2 Å². The molecule has 0 bridgehead atoms. The standard InChI is InChI=1S/C11H15N5O5/c1-11(7(19)6(18)4(2-17)21-11)16-3-13-5-8(16)14-10(12)15-9(5)20/h3-4,6-7,17-19H,2H2,1H3,(H3,12,14,15,20)/t4-,6-,7-,11+/m1/s1. The SMILES string of the molecule is C[C@]1(n2cnc3c(=O)[nH]c(N)nc32)O[C@H](CO)[C@@H](O)[C@H]1O. The first-order valence-electron chi connectivity index (χ1n) is 6.26. The fraction of sp³-hybridized carbons (Fsp3) is 0.545. The number of nitrogen functional groups attached to an aromatic ring is 1. The van der Waals surface area contributed by atoms with Crippen molar-refractivity contribution < 1.29 is 20.1 Å². The van der Waals surface area contributed by atoms with Gasteiger partial charge >= 0.3 is 0 Å². The zero-order valence-electron chi connectivity index (χ0n) is 11.1. The smallest absolute Gasteiger partial charge is 0.280 e. The summed E-state index contributed by atoms with van der Waals surface area (Å²) in [6, 6.07) is 0. The lowest BCUT2D eigenvalue weighted by molar-refractivity contribution is -0.132. The van der Waals surface area contributed by atoms with Crippen LogP contribution in [0.5, 0.6) is 0 Å². The van der Waals surface area contributed by atoms with E-state index in [1.54, 1.807) is 0 Å². The molecule has 21 heavy (non-hydrogen) atoms. The Morgan fingerprint density at radius 3 is 2.90 bits per heavy atom. The third kappa shape index (κ3) is 1.84. The van der Waals surface area contributed by atoms with Crippen molar-refractivity contribution in [2.45, 2.75) is 31.0 Å². The molecule has 0 amide bonds. The minimum atomic E-state index is -1.44. The quantitative estimate of drug-likeness (QED) is 0.406. The van der Waals surface area contributed by atoms with Crippen LogP contribution in [0.3, 0.4) is 0 Å². The van der Waals surface area contributed by atoms with Crippen LogP contribution in [0.1, 0.15) is 6.92 Å². The molecule has 1 fully saturated rings. The topological polar surface area (TPSA) is 160 Å². The Bertz CT molecular complexity index is 742. The molecule has 3 rings (SSSR count). The Kier molecular flexibility index (Phi) is 2.99. The third-order valence-electron chi connectivity index (χ3n) is 3.73. The number of aliphatic hydroxyl groups is 3. The molecule has 1 aliphatic heterocycles. The molecule has 0 aromatic carbocycles. The average molecular weight is 297 g/mol. The fourth-order valence-electron chi connectivity index (χ4n) is 2.56. The summed E-state index contributed by atoms with van der Waals surface area (Å²) in [5, 5.41) is 29.3. The monoisotopic (exact) mass is 297 g/mol. The lowest BCUT2D eigenvalue weighted by Gasteiger charge is -2.29. The molecule has 3 heterocycles. The number of hydrogen-bond donors (Lipinski definition) is 5. The van der Waals surface area contributed by atoms with Gasteiger partial charge in [0.2, 0.25) is 5.95 Å². The number of H-pyrrole nitrogens is 1. The number of anilines is 1. The number of hydrogen-bond acceptors (Lipinski definition) is 8.